The maximum atomic E-state index is 12.7. The number of alkyl halides is 3. The van der Waals surface area contributed by atoms with Crippen LogP contribution < -0.4 is 4.74 Å². The van der Waals surface area contributed by atoms with Gasteiger partial charge in [-0.2, -0.15) is 9.65 Å². The molecule has 0 saturated heterocycles. The summed E-state index contributed by atoms with van der Waals surface area (Å²) in [6.07, 6.45) is 11.3. The first-order valence-electron chi connectivity index (χ1n) is 10.6. The smallest absolute Gasteiger partial charge is 0.406 e. The Balaban J connectivity index is 1.56. The fourth-order valence-corrected chi connectivity index (χ4v) is 4.05. The summed E-state index contributed by atoms with van der Waals surface area (Å²) in [4.78, 5) is 0. The Morgan fingerprint density at radius 1 is 1.03 bits per heavy atom. The van der Waals surface area contributed by atoms with Gasteiger partial charge in [0.2, 0.25) is 0 Å². The average Bonchev–Trinajstić information content (AvgIpc) is 2.72. The molecule has 1 fully saturated rings. The van der Waals surface area contributed by atoms with Crippen molar-refractivity contribution in [1.82, 2.24) is 0 Å². The Morgan fingerprint density at radius 3 is 2.27 bits per heavy atom. The van der Waals surface area contributed by atoms with E-state index in [4.69, 9.17) is 5.26 Å². The topological polar surface area (TPSA) is 33.0 Å². The molecule has 1 aromatic rings. The van der Waals surface area contributed by atoms with Crippen molar-refractivity contribution in [1.29, 1.82) is 5.26 Å². The fourth-order valence-electron chi connectivity index (χ4n) is 4.05. The van der Waals surface area contributed by atoms with Gasteiger partial charge >= 0.3 is 6.36 Å². The number of rotatable bonds is 10. The number of unbranched alkanes of at least 4 members (excludes halogenated alkanes) is 1. The first-order valence-corrected chi connectivity index (χ1v) is 10.6. The summed E-state index contributed by atoms with van der Waals surface area (Å²) < 4.78 is 53.1. The minimum absolute atomic E-state index is 0.177. The van der Waals surface area contributed by atoms with Gasteiger partial charge in [-0.1, -0.05) is 62.8 Å². The second-order valence-electron chi connectivity index (χ2n) is 7.96. The zero-order valence-electron chi connectivity index (χ0n) is 17.1. The lowest BCUT2D eigenvalue weighted by Crippen LogP contribution is -2.17. The van der Waals surface area contributed by atoms with Gasteiger partial charge < -0.3 is 4.74 Å². The van der Waals surface area contributed by atoms with E-state index in [-0.39, 0.29) is 5.75 Å². The van der Waals surface area contributed by atoms with Crippen molar-refractivity contribution in [2.45, 2.75) is 70.6 Å². The summed E-state index contributed by atoms with van der Waals surface area (Å²) in [5.74, 6) is 0.559. The van der Waals surface area contributed by atoms with E-state index in [1.165, 1.54) is 56.4 Å². The summed E-state index contributed by atoms with van der Waals surface area (Å²) >= 11 is 0. The molecule has 0 aliphatic heterocycles. The number of aryl methyl sites for hydroxylation is 1. The third-order valence-electron chi connectivity index (χ3n) is 5.68. The highest BCUT2D eigenvalue weighted by Gasteiger charge is 2.30. The lowest BCUT2D eigenvalue weighted by atomic mass is 9.78. The third-order valence-corrected chi connectivity index (χ3v) is 5.68. The van der Waals surface area contributed by atoms with Crippen molar-refractivity contribution in [3.8, 4) is 11.8 Å². The number of halogens is 4. The van der Waals surface area contributed by atoms with Crippen LogP contribution in [0.2, 0.25) is 0 Å². The number of hydrogen-bond donors (Lipinski definition) is 0. The number of benzene rings is 1. The molecular formula is C24H29F4NO. The van der Waals surface area contributed by atoms with Crippen LogP contribution in [0, 0.1) is 23.2 Å². The summed E-state index contributed by atoms with van der Waals surface area (Å²) in [5.41, 5.74) is 1.03. The third kappa shape index (κ3) is 9.96. The van der Waals surface area contributed by atoms with Crippen LogP contribution in [0.3, 0.4) is 0 Å². The molecule has 2 rings (SSSR count). The predicted molar refractivity (Wildman–Crippen MR) is 109 cm³/mol. The van der Waals surface area contributed by atoms with E-state index in [2.05, 4.69) is 4.74 Å². The van der Waals surface area contributed by atoms with E-state index in [1.807, 2.05) is 6.08 Å². The molecule has 1 aliphatic rings. The maximum absolute atomic E-state index is 12.7. The zero-order chi connectivity index (χ0) is 21.8. The average molecular weight is 423 g/mol. The Bertz CT molecular complexity index is 723. The van der Waals surface area contributed by atoms with Crippen LogP contribution in [0.25, 0.3) is 0 Å². The minimum atomic E-state index is -4.65. The van der Waals surface area contributed by atoms with Gasteiger partial charge in [0, 0.05) is 0 Å². The lowest BCUT2D eigenvalue weighted by molar-refractivity contribution is -0.274. The van der Waals surface area contributed by atoms with Gasteiger partial charge in [0.05, 0.1) is 0 Å². The van der Waals surface area contributed by atoms with Gasteiger partial charge in [-0.15, -0.1) is 13.2 Å². The molecule has 1 saturated carbocycles. The number of ether oxygens (including phenoxy) is 1. The molecule has 0 N–H and O–H groups in total. The van der Waals surface area contributed by atoms with Gasteiger partial charge in [-0.25, -0.2) is 0 Å². The highest BCUT2D eigenvalue weighted by Crippen LogP contribution is 2.34. The van der Waals surface area contributed by atoms with E-state index in [9.17, 15) is 17.6 Å². The molecule has 0 atom stereocenters. The van der Waals surface area contributed by atoms with Gasteiger partial charge in [0.1, 0.15) is 11.8 Å². The second-order valence-corrected chi connectivity index (χ2v) is 7.96. The first kappa shape index (κ1) is 24.0. The zero-order valence-corrected chi connectivity index (χ0v) is 17.1. The predicted octanol–water partition coefficient (Wildman–Crippen LogP) is 7.82. The van der Waals surface area contributed by atoms with Crippen LogP contribution in [0.4, 0.5) is 17.6 Å². The molecule has 0 spiro atoms. The van der Waals surface area contributed by atoms with E-state index in [0.717, 1.165) is 49.5 Å². The Morgan fingerprint density at radius 2 is 1.67 bits per heavy atom. The standard InChI is InChI=1S/C24H29F4NO/c25-22(18-29)9-3-1-2-6-19-10-12-20(13-11-19)7-4-5-8-21-14-16-23(17-15-21)30-24(26,27)28/h1,3,9,14-17,19-20H,2,4-8,10-13H2/b3-1+,22-9-. The monoisotopic (exact) mass is 423 g/mol. The molecule has 30 heavy (non-hydrogen) atoms. The summed E-state index contributed by atoms with van der Waals surface area (Å²) in [7, 11) is 0. The van der Waals surface area contributed by atoms with Gasteiger partial charge in [-0.3, -0.25) is 0 Å². The lowest BCUT2D eigenvalue weighted by Gasteiger charge is -2.28. The van der Waals surface area contributed by atoms with Crippen molar-refractivity contribution in [3.05, 3.63) is 53.9 Å². The molecular weight excluding hydrogens is 394 g/mol. The molecule has 2 nitrogen and oxygen atoms in total. The molecule has 0 radical (unpaired) electrons. The SMILES string of the molecule is N#C/C(F)=C/C=C/CCC1CCC(CCCCc2ccc(OC(F)(F)F)cc2)CC1. The normalized spacial score (nSPS) is 20.3. The van der Waals surface area contributed by atoms with Crippen molar-refractivity contribution < 1.29 is 22.3 Å². The van der Waals surface area contributed by atoms with Crippen LogP contribution in [-0.2, 0) is 6.42 Å². The molecule has 1 aliphatic carbocycles. The van der Waals surface area contributed by atoms with Crippen LogP contribution >= 0.6 is 0 Å². The second kappa shape index (κ2) is 12.4. The highest BCUT2D eigenvalue weighted by molar-refractivity contribution is 5.27. The quantitative estimate of drug-likeness (QED) is 0.166. The molecule has 0 heterocycles. The van der Waals surface area contributed by atoms with Gasteiger partial charge in [0.15, 0.2) is 5.83 Å². The number of nitrogens with zero attached hydrogens (tertiary/aromatic N) is 1. The Hall–Kier alpha value is -2.29. The van der Waals surface area contributed by atoms with Crippen LogP contribution in [0.15, 0.2) is 48.3 Å². The van der Waals surface area contributed by atoms with Crippen LogP contribution in [0.1, 0.15) is 63.4 Å². The van der Waals surface area contributed by atoms with E-state index in [1.54, 1.807) is 18.2 Å². The summed E-state index contributed by atoms with van der Waals surface area (Å²) in [5, 5.41) is 8.33. The van der Waals surface area contributed by atoms with E-state index < -0.39 is 12.2 Å². The molecule has 0 bridgehead atoms. The molecule has 0 amide bonds. The summed E-state index contributed by atoms with van der Waals surface area (Å²) in [6, 6.07) is 7.59. The van der Waals surface area contributed by atoms with Gasteiger partial charge in [0.25, 0.3) is 0 Å². The Kier molecular flexibility index (Phi) is 9.93. The number of allylic oxidation sites excluding steroid dienone is 4. The van der Waals surface area contributed by atoms with E-state index >= 15 is 0 Å². The summed E-state index contributed by atoms with van der Waals surface area (Å²) in [6.45, 7) is 0. The van der Waals surface area contributed by atoms with Crippen molar-refractivity contribution in [2.75, 3.05) is 0 Å². The van der Waals surface area contributed by atoms with Gasteiger partial charge in [-0.05, 0) is 61.3 Å². The molecule has 6 heteroatoms. The fraction of sp³-hybridized carbons (Fsp3) is 0.542. The van der Waals surface area contributed by atoms with Crippen molar-refractivity contribution in [2.24, 2.45) is 11.8 Å². The molecule has 164 valence electrons. The number of nitriles is 1. The Labute approximate surface area is 176 Å². The van der Waals surface area contributed by atoms with Crippen molar-refractivity contribution >= 4 is 0 Å². The largest absolute Gasteiger partial charge is 0.573 e. The van der Waals surface area contributed by atoms with Crippen LogP contribution in [0.5, 0.6) is 5.75 Å². The first-order chi connectivity index (χ1) is 14.4. The maximum Gasteiger partial charge on any atom is 0.573 e. The van der Waals surface area contributed by atoms with Crippen molar-refractivity contribution in [3.63, 3.8) is 0 Å². The highest BCUT2D eigenvalue weighted by atomic mass is 19.4. The van der Waals surface area contributed by atoms with Crippen LogP contribution in [-0.4, -0.2) is 6.36 Å². The molecule has 0 unspecified atom stereocenters. The molecule has 0 aromatic heterocycles. The minimum Gasteiger partial charge on any atom is -0.406 e. The number of hydrogen-bond acceptors (Lipinski definition) is 2. The van der Waals surface area contributed by atoms with E-state index in [0.29, 0.717) is 0 Å². The molecule has 1 aromatic carbocycles.